The first-order valence-electron chi connectivity index (χ1n) is 5.82. The highest BCUT2D eigenvalue weighted by atomic mass is 35.5. The highest BCUT2D eigenvalue weighted by Gasteiger charge is 2.10. The van der Waals surface area contributed by atoms with Crippen molar-refractivity contribution in [2.24, 2.45) is 5.73 Å². The van der Waals surface area contributed by atoms with Gasteiger partial charge in [0, 0.05) is 0 Å². The summed E-state index contributed by atoms with van der Waals surface area (Å²) in [6, 6.07) is 11.3. The largest absolute Gasteiger partial charge is 0.455 e. The number of thiocarbonyl (C=S) groups is 1. The fourth-order valence-corrected chi connectivity index (χ4v) is 2.05. The van der Waals surface area contributed by atoms with Gasteiger partial charge in [-0.2, -0.15) is 0 Å². The predicted molar refractivity (Wildman–Crippen MR) is 83.3 cm³/mol. The summed E-state index contributed by atoms with van der Waals surface area (Å²) in [4.78, 5) is 0.308. The number of ether oxygens (including phenoxy) is 1. The summed E-state index contributed by atoms with van der Waals surface area (Å²) in [5, 5.41) is 0.556. The van der Waals surface area contributed by atoms with Crippen LogP contribution in [0.5, 0.6) is 11.5 Å². The quantitative estimate of drug-likeness (QED) is 0.852. The second kappa shape index (κ2) is 5.59. The Morgan fingerprint density at radius 3 is 2.37 bits per heavy atom. The van der Waals surface area contributed by atoms with E-state index < -0.39 is 0 Å². The molecule has 0 aliphatic rings. The summed E-state index contributed by atoms with van der Waals surface area (Å²) in [5.41, 5.74) is 8.59. The molecule has 0 radical (unpaired) electrons. The predicted octanol–water partition coefficient (Wildman–Crippen LogP) is 4.38. The van der Waals surface area contributed by atoms with Crippen LogP contribution < -0.4 is 10.5 Å². The van der Waals surface area contributed by atoms with Gasteiger partial charge in [0.2, 0.25) is 0 Å². The maximum atomic E-state index is 6.12. The van der Waals surface area contributed by atoms with Gasteiger partial charge in [-0.15, -0.1) is 0 Å². The molecule has 0 aliphatic carbocycles. The second-order valence-electron chi connectivity index (χ2n) is 4.40. The molecule has 98 valence electrons. The SMILES string of the molecule is Cc1ccc(Cl)c(Oc2ccc(C)cc2C(N)=S)c1. The van der Waals surface area contributed by atoms with E-state index in [4.69, 9.17) is 34.3 Å². The Balaban J connectivity index is 2.43. The molecule has 4 heteroatoms. The zero-order valence-corrected chi connectivity index (χ0v) is 12.3. The summed E-state index contributed by atoms with van der Waals surface area (Å²) >= 11 is 11.2. The first-order chi connectivity index (χ1) is 8.97. The zero-order chi connectivity index (χ0) is 14.0. The van der Waals surface area contributed by atoms with Crippen LogP contribution in [-0.4, -0.2) is 4.99 Å². The van der Waals surface area contributed by atoms with Gasteiger partial charge < -0.3 is 10.5 Å². The topological polar surface area (TPSA) is 35.2 Å². The van der Waals surface area contributed by atoms with Crippen LogP contribution >= 0.6 is 23.8 Å². The molecule has 2 rings (SSSR count). The summed E-state index contributed by atoms with van der Waals surface area (Å²) in [6.07, 6.45) is 0. The van der Waals surface area contributed by atoms with Crippen LogP contribution in [0.1, 0.15) is 16.7 Å². The average Bonchev–Trinajstić information content (AvgIpc) is 2.35. The lowest BCUT2D eigenvalue weighted by Crippen LogP contribution is -2.11. The summed E-state index contributed by atoms with van der Waals surface area (Å²) in [7, 11) is 0. The van der Waals surface area contributed by atoms with E-state index in [1.165, 1.54) is 0 Å². The van der Waals surface area contributed by atoms with Crippen molar-refractivity contribution in [1.29, 1.82) is 0 Å². The summed E-state index contributed by atoms with van der Waals surface area (Å²) in [6.45, 7) is 3.96. The normalized spacial score (nSPS) is 10.3. The first kappa shape index (κ1) is 13.8. The van der Waals surface area contributed by atoms with Gasteiger partial charge in [0.25, 0.3) is 0 Å². The van der Waals surface area contributed by atoms with Gasteiger partial charge in [0.15, 0.2) is 0 Å². The standard InChI is InChI=1S/C15H14ClNOS/c1-9-4-6-13(11(7-9)15(17)19)18-14-8-10(2)3-5-12(14)16/h3-8H,1-2H3,(H2,17,19). The second-order valence-corrected chi connectivity index (χ2v) is 5.25. The summed E-state index contributed by atoms with van der Waals surface area (Å²) in [5.74, 6) is 1.22. The molecule has 0 aromatic heterocycles. The number of aryl methyl sites for hydroxylation is 2. The Morgan fingerprint density at radius 2 is 1.68 bits per heavy atom. The molecule has 2 N–H and O–H groups in total. The molecular weight excluding hydrogens is 278 g/mol. The minimum Gasteiger partial charge on any atom is -0.455 e. The van der Waals surface area contributed by atoms with E-state index in [0.29, 0.717) is 27.1 Å². The van der Waals surface area contributed by atoms with E-state index in [0.717, 1.165) is 11.1 Å². The van der Waals surface area contributed by atoms with Crippen LogP contribution in [0, 0.1) is 13.8 Å². The molecule has 0 heterocycles. The molecule has 0 saturated heterocycles. The third-order valence-electron chi connectivity index (χ3n) is 2.71. The maximum absolute atomic E-state index is 6.12. The van der Waals surface area contributed by atoms with E-state index in [1.54, 1.807) is 6.07 Å². The number of rotatable bonds is 3. The fraction of sp³-hybridized carbons (Fsp3) is 0.133. The van der Waals surface area contributed by atoms with Gasteiger partial charge in [0.05, 0.1) is 10.6 Å². The fourth-order valence-electron chi connectivity index (χ4n) is 1.73. The van der Waals surface area contributed by atoms with Crippen molar-refractivity contribution in [2.45, 2.75) is 13.8 Å². The molecule has 0 saturated carbocycles. The highest BCUT2D eigenvalue weighted by Crippen LogP contribution is 2.32. The molecule has 0 spiro atoms. The lowest BCUT2D eigenvalue weighted by molar-refractivity contribution is 0.481. The molecule has 19 heavy (non-hydrogen) atoms. The first-order valence-corrected chi connectivity index (χ1v) is 6.60. The van der Waals surface area contributed by atoms with Gasteiger partial charge in [-0.3, -0.25) is 0 Å². The Morgan fingerprint density at radius 1 is 1.05 bits per heavy atom. The Labute approximate surface area is 123 Å². The Bertz CT molecular complexity index is 640. The van der Waals surface area contributed by atoms with E-state index in [2.05, 4.69) is 0 Å². The van der Waals surface area contributed by atoms with Crippen molar-refractivity contribution >= 4 is 28.8 Å². The molecule has 0 bridgehead atoms. The van der Waals surface area contributed by atoms with Crippen molar-refractivity contribution in [3.63, 3.8) is 0 Å². The molecule has 2 aromatic carbocycles. The molecular formula is C15H14ClNOS. The number of hydrogen-bond donors (Lipinski definition) is 1. The van der Waals surface area contributed by atoms with Crippen LogP contribution in [0.25, 0.3) is 0 Å². The van der Waals surface area contributed by atoms with E-state index in [-0.39, 0.29) is 0 Å². The molecule has 0 fully saturated rings. The molecule has 0 amide bonds. The highest BCUT2D eigenvalue weighted by molar-refractivity contribution is 7.80. The van der Waals surface area contributed by atoms with Crippen LogP contribution in [0.15, 0.2) is 36.4 Å². The Kier molecular flexibility index (Phi) is 4.08. The maximum Gasteiger partial charge on any atom is 0.146 e. The smallest absolute Gasteiger partial charge is 0.146 e. The van der Waals surface area contributed by atoms with Crippen LogP contribution in [0.4, 0.5) is 0 Å². The minimum atomic E-state index is 0.308. The molecule has 2 nitrogen and oxygen atoms in total. The van der Waals surface area contributed by atoms with Gasteiger partial charge >= 0.3 is 0 Å². The van der Waals surface area contributed by atoms with Crippen molar-refractivity contribution in [1.82, 2.24) is 0 Å². The minimum absolute atomic E-state index is 0.308. The lowest BCUT2D eigenvalue weighted by atomic mass is 10.1. The van der Waals surface area contributed by atoms with Gasteiger partial charge in [-0.1, -0.05) is 41.5 Å². The average molecular weight is 292 g/mol. The van der Waals surface area contributed by atoms with E-state index >= 15 is 0 Å². The van der Waals surface area contributed by atoms with Crippen LogP contribution in [-0.2, 0) is 0 Å². The summed E-state index contributed by atoms with van der Waals surface area (Å²) < 4.78 is 5.84. The Hall–Kier alpha value is -1.58. The molecule has 0 atom stereocenters. The third kappa shape index (κ3) is 3.25. The number of benzene rings is 2. The molecule has 2 aromatic rings. The number of halogens is 1. The number of hydrogen-bond acceptors (Lipinski definition) is 2. The van der Waals surface area contributed by atoms with Crippen molar-refractivity contribution in [3.8, 4) is 11.5 Å². The number of nitrogens with two attached hydrogens (primary N) is 1. The van der Waals surface area contributed by atoms with Gasteiger partial charge in [-0.25, -0.2) is 0 Å². The zero-order valence-electron chi connectivity index (χ0n) is 10.7. The van der Waals surface area contributed by atoms with Crippen molar-refractivity contribution in [2.75, 3.05) is 0 Å². The monoisotopic (exact) mass is 291 g/mol. The third-order valence-corrected chi connectivity index (χ3v) is 3.24. The van der Waals surface area contributed by atoms with Crippen LogP contribution in [0.2, 0.25) is 5.02 Å². The van der Waals surface area contributed by atoms with Gasteiger partial charge in [-0.05, 0) is 43.7 Å². The van der Waals surface area contributed by atoms with Crippen molar-refractivity contribution < 1.29 is 4.74 Å². The van der Waals surface area contributed by atoms with Crippen molar-refractivity contribution in [3.05, 3.63) is 58.1 Å². The van der Waals surface area contributed by atoms with E-state index in [9.17, 15) is 0 Å². The van der Waals surface area contributed by atoms with E-state index in [1.807, 2.05) is 44.2 Å². The lowest BCUT2D eigenvalue weighted by Gasteiger charge is -2.12. The molecule has 0 unspecified atom stereocenters. The molecule has 0 aliphatic heterocycles. The van der Waals surface area contributed by atoms with Crippen LogP contribution in [0.3, 0.4) is 0 Å². The van der Waals surface area contributed by atoms with Gasteiger partial charge in [0.1, 0.15) is 16.5 Å².